The van der Waals surface area contributed by atoms with Gasteiger partial charge in [-0.2, -0.15) is 5.10 Å². The third-order valence-electron chi connectivity index (χ3n) is 4.32. The number of carbonyl (C=O) groups is 1. The highest BCUT2D eigenvalue weighted by Gasteiger charge is 2.34. The first kappa shape index (κ1) is 21.4. The largest absolute Gasteiger partial charge is 0.492 e. The Morgan fingerprint density at radius 1 is 1.33 bits per heavy atom. The van der Waals surface area contributed by atoms with Gasteiger partial charge < -0.3 is 34.3 Å². The van der Waals surface area contributed by atoms with Crippen LogP contribution in [-0.4, -0.2) is 56.7 Å². The molecule has 0 saturated heterocycles. The molecule has 1 aromatic carbocycles. The lowest BCUT2D eigenvalue weighted by Gasteiger charge is -2.19. The Balaban J connectivity index is 1.97. The summed E-state index contributed by atoms with van der Waals surface area (Å²) in [4.78, 5) is 17.4. The van der Waals surface area contributed by atoms with Crippen LogP contribution < -0.4 is 30.1 Å². The molecule has 2 aliphatic rings. The minimum Gasteiger partial charge on any atom is -0.492 e. The summed E-state index contributed by atoms with van der Waals surface area (Å²) in [7, 11) is 3.01. The summed E-state index contributed by atoms with van der Waals surface area (Å²) in [5.74, 6) is 1.14. The molecule has 1 atom stereocenters. The number of nitrogens with zero attached hydrogens (tertiary/aromatic N) is 2. The molecule has 2 heterocycles. The maximum atomic E-state index is 11.9. The van der Waals surface area contributed by atoms with Crippen LogP contribution >= 0.6 is 12.2 Å². The van der Waals surface area contributed by atoms with Crippen LogP contribution in [0.1, 0.15) is 24.5 Å². The van der Waals surface area contributed by atoms with E-state index in [1.54, 1.807) is 6.92 Å². The number of hydrogen-bond acceptors (Lipinski definition) is 10. The average molecular weight is 438 g/mol. The van der Waals surface area contributed by atoms with E-state index in [1.165, 1.54) is 20.4 Å². The lowest BCUT2D eigenvalue weighted by Crippen LogP contribution is -2.24. The van der Waals surface area contributed by atoms with Crippen molar-refractivity contribution < 1.29 is 33.3 Å². The molecule has 2 aliphatic heterocycles. The lowest BCUT2D eigenvalue weighted by molar-refractivity contribution is -0.135. The van der Waals surface area contributed by atoms with Crippen LogP contribution in [0.25, 0.3) is 0 Å². The average Bonchev–Trinajstić information content (AvgIpc) is 3.38. The van der Waals surface area contributed by atoms with Gasteiger partial charge in [0, 0.05) is 24.0 Å². The van der Waals surface area contributed by atoms with E-state index in [1.807, 2.05) is 0 Å². The first-order chi connectivity index (χ1) is 14.5. The molecule has 11 nitrogen and oxygen atoms in total. The Bertz CT molecular complexity index is 903. The standard InChI is InChI=1S/C18H22N4O7S/c1-4-26-17(23)12-6-9(29-22-12)5-10-11(7-20-21-18(19)30)14(25-3)16-15(13(10)24-2)27-8-28-16/h7,9H,4-6,8H2,1-3H3,(H3,19,21,30)/b20-7+/t9-/m0/s1. The number of esters is 1. The van der Waals surface area contributed by atoms with E-state index in [-0.39, 0.29) is 30.6 Å². The predicted octanol–water partition coefficient (Wildman–Crippen LogP) is 0.850. The van der Waals surface area contributed by atoms with Crippen LogP contribution in [0.15, 0.2) is 10.3 Å². The smallest absolute Gasteiger partial charge is 0.356 e. The molecule has 0 spiro atoms. The van der Waals surface area contributed by atoms with Gasteiger partial charge in [-0.15, -0.1) is 0 Å². The van der Waals surface area contributed by atoms with Crippen molar-refractivity contribution >= 4 is 35.2 Å². The van der Waals surface area contributed by atoms with Crippen molar-refractivity contribution in [3.8, 4) is 23.0 Å². The minimum atomic E-state index is -0.502. The van der Waals surface area contributed by atoms with Crippen molar-refractivity contribution in [2.45, 2.75) is 25.9 Å². The van der Waals surface area contributed by atoms with Gasteiger partial charge in [0.15, 0.2) is 22.3 Å². The molecule has 0 unspecified atom stereocenters. The van der Waals surface area contributed by atoms with E-state index in [0.29, 0.717) is 40.5 Å². The summed E-state index contributed by atoms with van der Waals surface area (Å²) < 4.78 is 27.3. The van der Waals surface area contributed by atoms with Crippen LogP contribution in [0, 0.1) is 0 Å². The fourth-order valence-corrected chi connectivity index (χ4v) is 3.21. The topological polar surface area (TPSA) is 135 Å². The van der Waals surface area contributed by atoms with Gasteiger partial charge in [0.2, 0.25) is 18.3 Å². The number of hydrogen-bond donors (Lipinski definition) is 2. The molecule has 3 N–H and O–H groups in total. The Hall–Kier alpha value is -3.28. The zero-order valence-electron chi connectivity index (χ0n) is 16.7. The molecule has 0 saturated carbocycles. The van der Waals surface area contributed by atoms with Gasteiger partial charge >= 0.3 is 5.97 Å². The van der Waals surface area contributed by atoms with Crippen molar-refractivity contribution in [3.63, 3.8) is 0 Å². The molecule has 0 amide bonds. The summed E-state index contributed by atoms with van der Waals surface area (Å²) in [6.07, 6.45) is 1.65. The fourth-order valence-electron chi connectivity index (χ4n) is 3.15. The van der Waals surface area contributed by atoms with E-state index >= 15 is 0 Å². The van der Waals surface area contributed by atoms with Crippen LogP contribution in [-0.2, 0) is 20.8 Å². The van der Waals surface area contributed by atoms with Crippen molar-refractivity contribution in [2.75, 3.05) is 27.6 Å². The highest BCUT2D eigenvalue weighted by molar-refractivity contribution is 7.80. The summed E-state index contributed by atoms with van der Waals surface area (Å²) in [6.45, 7) is 2.00. The summed E-state index contributed by atoms with van der Waals surface area (Å²) >= 11 is 4.78. The molecule has 3 rings (SSSR count). The van der Waals surface area contributed by atoms with Crippen molar-refractivity contribution in [1.29, 1.82) is 0 Å². The molecule has 0 radical (unpaired) electrons. The van der Waals surface area contributed by atoms with E-state index in [9.17, 15) is 4.79 Å². The highest BCUT2D eigenvalue weighted by Crippen LogP contribution is 2.52. The number of nitrogens with two attached hydrogens (primary N) is 1. The van der Waals surface area contributed by atoms with Gasteiger partial charge in [-0.25, -0.2) is 4.79 Å². The van der Waals surface area contributed by atoms with Crippen LogP contribution in [0.3, 0.4) is 0 Å². The fraction of sp³-hybridized carbons (Fsp3) is 0.444. The number of nitrogens with one attached hydrogen (secondary N) is 1. The van der Waals surface area contributed by atoms with E-state index in [0.717, 1.165) is 0 Å². The van der Waals surface area contributed by atoms with Gasteiger partial charge in [0.25, 0.3) is 0 Å². The number of carbonyl (C=O) groups excluding carboxylic acids is 1. The second-order valence-corrected chi connectivity index (χ2v) is 6.59. The van der Waals surface area contributed by atoms with Crippen LogP contribution in [0.5, 0.6) is 23.0 Å². The van der Waals surface area contributed by atoms with Crippen molar-refractivity contribution in [2.24, 2.45) is 16.0 Å². The third-order valence-corrected chi connectivity index (χ3v) is 4.41. The van der Waals surface area contributed by atoms with Gasteiger partial charge in [-0.05, 0) is 19.1 Å². The molecule has 12 heteroatoms. The SMILES string of the molecule is CCOC(=O)C1=NO[C@@H](Cc2c(/C=N/NC(N)=S)c(OC)c3c(c2OC)OCO3)C1. The second kappa shape index (κ2) is 9.48. The van der Waals surface area contributed by atoms with Gasteiger partial charge in [-0.3, -0.25) is 5.43 Å². The minimum absolute atomic E-state index is 0.00563. The zero-order valence-corrected chi connectivity index (χ0v) is 17.5. The lowest BCUT2D eigenvalue weighted by atomic mass is 9.96. The summed E-state index contributed by atoms with van der Waals surface area (Å²) in [5.41, 5.74) is 9.38. The normalized spacial score (nSPS) is 16.8. The molecule has 30 heavy (non-hydrogen) atoms. The Morgan fingerprint density at radius 2 is 2.03 bits per heavy atom. The number of oxime groups is 1. The number of rotatable bonds is 8. The maximum Gasteiger partial charge on any atom is 0.356 e. The van der Waals surface area contributed by atoms with Crippen LogP contribution in [0.4, 0.5) is 0 Å². The van der Waals surface area contributed by atoms with Gasteiger partial charge in [0.05, 0.1) is 27.0 Å². The molecular formula is C18H22N4O7S. The number of thiocarbonyl (C=S) groups is 1. The first-order valence-electron chi connectivity index (χ1n) is 9.04. The quantitative estimate of drug-likeness (QED) is 0.260. The first-order valence-corrected chi connectivity index (χ1v) is 9.45. The zero-order chi connectivity index (χ0) is 21.7. The van der Waals surface area contributed by atoms with Crippen LogP contribution in [0.2, 0.25) is 0 Å². The number of fused-ring (bicyclic) bond motifs is 1. The Kier molecular flexibility index (Phi) is 6.77. The van der Waals surface area contributed by atoms with Crippen molar-refractivity contribution in [3.05, 3.63) is 11.1 Å². The number of methoxy groups -OCH3 is 2. The molecule has 162 valence electrons. The maximum absolute atomic E-state index is 11.9. The Morgan fingerprint density at radius 3 is 2.67 bits per heavy atom. The highest BCUT2D eigenvalue weighted by atomic mass is 32.1. The third kappa shape index (κ3) is 4.32. The van der Waals surface area contributed by atoms with Crippen molar-refractivity contribution in [1.82, 2.24) is 5.43 Å². The number of ether oxygens (including phenoxy) is 5. The molecule has 0 aromatic heterocycles. The molecule has 1 aromatic rings. The molecule has 0 aliphatic carbocycles. The van der Waals surface area contributed by atoms with Gasteiger partial charge in [0.1, 0.15) is 6.10 Å². The Labute approximate surface area is 178 Å². The number of hydrazone groups is 1. The predicted molar refractivity (Wildman–Crippen MR) is 110 cm³/mol. The number of benzene rings is 1. The van der Waals surface area contributed by atoms with E-state index in [2.05, 4.69) is 15.7 Å². The monoisotopic (exact) mass is 438 g/mol. The summed E-state index contributed by atoms with van der Waals surface area (Å²) in [6, 6.07) is 0. The summed E-state index contributed by atoms with van der Waals surface area (Å²) in [5, 5.41) is 7.89. The molecule has 0 bridgehead atoms. The van der Waals surface area contributed by atoms with E-state index in [4.69, 9.17) is 46.5 Å². The second-order valence-electron chi connectivity index (χ2n) is 6.15. The molecular weight excluding hydrogens is 416 g/mol. The molecule has 0 fully saturated rings. The van der Waals surface area contributed by atoms with E-state index < -0.39 is 12.1 Å². The van der Waals surface area contributed by atoms with Gasteiger partial charge in [-0.1, -0.05) is 5.16 Å².